The summed E-state index contributed by atoms with van der Waals surface area (Å²) in [5.41, 5.74) is 15.2. The van der Waals surface area contributed by atoms with E-state index in [4.69, 9.17) is 0 Å². The van der Waals surface area contributed by atoms with E-state index in [1.807, 2.05) is 12.4 Å². The zero-order valence-electron chi connectivity index (χ0n) is 64.1. The van der Waals surface area contributed by atoms with Gasteiger partial charge in [-0.25, -0.2) is 0 Å². The Morgan fingerprint density at radius 1 is 0.179 bits per heavy atom. The first-order valence-corrected chi connectivity index (χ1v) is 38.6. The fourth-order valence-electron chi connectivity index (χ4n) is 16.1. The van der Waals surface area contributed by atoms with Crippen molar-refractivity contribution in [1.29, 1.82) is 0 Å². The van der Waals surface area contributed by atoms with Gasteiger partial charge in [0.2, 0.25) is 0 Å². The summed E-state index contributed by atoms with van der Waals surface area (Å²) in [6, 6.07) is 154. The summed E-state index contributed by atoms with van der Waals surface area (Å²) in [7, 11) is 0. The smallest absolute Gasteiger partial charge is 0.0424 e. The normalized spacial score (nSPS) is 11.2. The van der Waals surface area contributed by atoms with Gasteiger partial charge in [0.05, 0.1) is 0 Å². The lowest BCUT2D eigenvalue weighted by Gasteiger charge is -2.32. The van der Waals surface area contributed by atoms with E-state index in [0.717, 1.165) is 0 Å². The first kappa shape index (κ1) is 75.5. The maximum absolute atomic E-state index is 4.15. The molecule has 0 amide bonds. The van der Waals surface area contributed by atoms with Crippen molar-refractivity contribution in [3.63, 3.8) is 0 Å². The fourth-order valence-corrected chi connectivity index (χ4v) is 16.1. The van der Waals surface area contributed by atoms with Crippen molar-refractivity contribution in [2.75, 3.05) is 0 Å². The molecule has 1 heteroatoms. The van der Waals surface area contributed by atoms with E-state index < -0.39 is 0 Å². The third-order valence-corrected chi connectivity index (χ3v) is 22.6. The van der Waals surface area contributed by atoms with Crippen LogP contribution >= 0.6 is 0 Å². The van der Waals surface area contributed by atoms with Crippen LogP contribution in [0, 0.1) is 20.8 Å². The standard InChI is InChI=1S/2C24H20.C19H17N.C17H12.C15H12.C11H10.CH4/c2*1-24(21-12-4-2-5-13-21,22-14-6-3-7-15-22)23-17-16-19-10-8-9-11-20(19)18-23;1-19(16-8-4-2-5-9-16,17-10-6-3-7-11-17)18-12-14-20-15-13-18;1-11-5-6-14-8-7-12-3-2-4-13-9-10-15(11)17(14)16(12)13;1-11-6-7-14-9-12-4-2-3-5-13(12)10-15(14)8-11;1-9-5-4-7-10-6-2-3-8-11(9)10;/h2*2-18H,1H3;2-15H,1H3;2-10H,1H3;2-10H,1H3;2-8H,1H3;1H4. The summed E-state index contributed by atoms with van der Waals surface area (Å²) in [5, 5.41) is 21.3. The lowest BCUT2D eigenvalue weighted by molar-refractivity contribution is 0.691. The molecule has 1 nitrogen and oxygen atoms in total. The molecule has 0 aliphatic rings. The highest BCUT2D eigenvalue weighted by Gasteiger charge is 2.33. The van der Waals surface area contributed by atoms with Gasteiger partial charge in [-0.3, -0.25) is 4.98 Å². The summed E-state index contributed by atoms with van der Waals surface area (Å²) >= 11 is 0. The molecule has 0 saturated heterocycles. The number of rotatable bonds is 9. The molecule has 0 spiro atoms. The highest BCUT2D eigenvalue weighted by atomic mass is 14.6. The largest absolute Gasteiger partial charge is 0.265 e. The summed E-state index contributed by atoms with van der Waals surface area (Å²) in [4.78, 5) is 4.15. The Kier molecular flexibility index (Phi) is 23.2. The lowest BCUT2D eigenvalue weighted by atomic mass is 9.71. The van der Waals surface area contributed by atoms with Gasteiger partial charge in [-0.15, -0.1) is 0 Å². The van der Waals surface area contributed by atoms with Gasteiger partial charge in [0.15, 0.2) is 0 Å². The topological polar surface area (TPSA) is 12.9 Å². The van der Waals surface area contributed by atoms with E-state index in [1.165, 1.54) is 153 Å². The van der Waals surface area contributed by atoms with Gasteiger partial charge in [-0.1, -0.05) is 407 Å². The molecular weight excluding hydrogens is 1350 g/mol. The van der Waals surface area contributed by atoms with Crippen LogP contribution < -0.4 is 0 Å². The van der Waals surface area contributed by atoms with Gasteiger partial charge < -0.3 is 0 Å². The Morgan fingerprint density at radius 2 is 0.464 bits per heavy atom. The van der Waals surface area contributed by atoms with Crippen molar-refractivity contribution >= 4 is 86.2 Å². The van der Waals surface area contributed by atoms with Crippen molar-refractivity contribution in [1.82, 2.24) is 4.98 Å². The van der Waals surface area contributed by atoms with E-state index >= 15 is 0 Å². The van der Waals surface area contributed by atoms with Crippen LogP contribution in [-0.4, -0.2) is 4.98 Å². The molecule has 19 aromatic carbocycles. The van der Waals surface area contributed by atoms with E-state index in [9.17, 15) is 0 Å². The molecule has 0 saturated carbocycles. The van der Waals surface area contributed by atoms with Gasteiger partial charge in [-0.2, -0.15) is 0 Å². The number of hydrogen-bond donors (Lipinski definition) is 0. The van der Waals surface area contributed by atoms with Crippen LogP contribution in [0.2, 0.25) is 0 Å². The number of aromatic nitrogens is 1. The number of benzene rings is 19. The zero-order valence-corrected chi connectivity index (χ0v) is 64.1. The Hall–Kier alpha value is -13.3. The van der Waals surface area contributed by atoms with Crippen LogP contribution in [0.4, 0.5) is 0 Å². The maximum Gasteiger partial charge on any atom is 0.0424 e. The molecule has 544 valence electrons. The second-order valence-corrected chi connectivity index (χ2v) is 29.5. The molecular formula is C111H95N. The highest BCUT2D eigenvalue weighted by molar-refractivity contribution is 6.23. The lowest BCUT2D eigenvalue weighted by Crippen LogP contribution is -2.25. The fraction of sp³-hybridized carbons (Fsp3) is 0.0901. The zero-order chi connectivity index (χ0) is 76.0. The van der Waals surface area contributed by atoms with Gasteiger partial charge in [0, 0.05) is 28.6 Å². The Balaban J connectivity index is 0.000000113. The molecule has 0 aliphatic heterocycles. The summed E-state index contributed by atoms with van der Waals surface area (Å²) in [5.74, 6) is 0. The van der Waals surface area contributed by atoms with Gasteiger partial charge >= 0.3 is 0 Å². The second kappa shape index (κ2) is 34.5. The quantitative estimate of drug-likeness (QED) is 0.0797. The average Bonchev–Trinajstić information content (AvgIpc) is 0.749. The van der Waals surface area contributed by atoms with Gasteiger partial charge in [0.25, 0.3) is 0 Å². The molecule has 20 rings (SSSR count). The molecule has 0 aliphatic carbocycles. The van der Waals surface area contributed by atoms with E-state index in [1.54, 1.807) is 0 Å². The van der Waals surface area contributed by atoms with E-state index in [0.29, 0.717) is 0 Å². The number of nitrogens with zero attached hydrogens (tertiary/aromatic N) is 1. The van der Waals surface area contributed by atoms with Crippen LogP contribution in [0.25, 0.3) is 86.2 Å². The van der Waals surface area contributed by atoms with E-state index in [-0.39, 0.29) is 23.7 Å². The van der Waals surface area contributed by atoms with Crippen molar-refractivity contribution < 1.29 is 0 Å². The average molecular weight is 1440 g/mol. The molecule has 1 aromatic heterocycles. The Labute approximate surface area is 661 Å². The minimum Gasteiger partial charge on any atom is -0.265 e. The summed E-state index contributed by atoms with van der Waals surface area (Å²) < 4.78 is 0. The van der Waals surface area contributed by atoms with Crippen LogP contribution in [-0.2, 0) is 16.2 Å². The van der Waals surface area contributed by atoms with E-state index in [2.05, 4.69) is 477 Å². The number of fused-ring (bicyclic) bond motifs is 5. The summed E-state index contributed by atoms with van der Waals surface area (Å²) in [6.07, 6.45) is 3.72. The molecule has 0 bridgehead atoms. The molecule has 0 atom stereocenters. The molecule has 0 radical (unpaired) electrons. The third-order valence-electron chi connectivity index (χ3n) is 22.6. The molecule has 0 fully saturated rings. The molecule has 0 N–H and O–H groups in total. The first-order chi connectivity index (χ1) is 54.4. The van der Waals surface area contributed by atoms with Gasteiger partial charge in [-0.05, 0) is 225 Å². The van der Waals surface area contributed by atoms with Crippen LogP contribution in [0.5, 0.6) is 0 Å². The van der Waals surface area contributed by atoms with Crippen LogP contribution in [0.1, 0.15) is 95.0 Å². The van der Waals surface area contributed by atoms with Crippen LogP contribution in [0.15, 0.2) is 443 Å². The minimum atomic E-state index is -0.174. The number of hydrogen-bond acceptors (Lipinski definition) is 1. The molecule has 0 unspecified atom stereocenters. The maximum atomic E-state index is 4.15. The predicted molar refractivity (Wildman–Crippen MR) is 484 cm³/mol. The molecule has 20 aromatic rings. The highest BCUT2D eigenvalue weighted by Crippen LogP contribution is 2.43. The first-order valence-electron chi connectivity index (χ1n) is 38.6. The van der Waals surface area contributed by atoms with Crippen LogP contribution in [0.3, 0.4) is 0 Å². The van der Waals surface area contributed by atoms with Crippen molar-refractivity contribution in [2.45, 2.75) is 65.2 Å². The number of pyridine rings is 1. The van der Waals surface area contributed by atoms with Crippen molar-refractivity contribution in [3.8, 4) is 0 Å². The minimum absolute atomic E-state index is 0. The number of aryl methyl sites for hydroxylation is 3. The SMILES string of the molecule is C.CC(c1ccccc1)(c1ccccc1)c1ccc2ccccc2c1.CC(c1ccccc1)(c1ccccc1)c1ccc2ccccc2c1.CC(c1ccccc1)(c1ccccc1)c1ccncc1.Cc1ccc2cc3ccccc3cc2c1.Cc1ccc2ccc3cccc4ccc1c2c34.Cc1cccc2ccccc12. The third kappa shape index (κ3) is 16.1. The predicted octanol–water partition coefficient (Wildman–Crippen LogP) is 29.8. The Bertz CT molecular complexity index is 6080. The monoisotopic (exact) mass is 1440 g/mol. The Morgan fingerprint density at radius 3 is 0.902 bits per heavy atom. The molecule has 1 heterocycles. The summed E-state index contributed by atoms with van der Waals surface area (Å²) in [6.45, 7) is 13.4. The second-order valence-electron chi connectivity index (χ2n) is 29.5. The van der Waals surface area contributed by atoms with Crippen molar-refractivity contribution in [2.24, 2.45) is 0 Å². The van der Waals surface area contributed by atoms with Crippen molar-refractivity contribution in [3.05, 3.63) is 510 Å². The molecule has 112 heavy (non-hydrogen) atoms. The van der Waals surface area contributed by atoms with Gasteiger partial charge in [0.1, 0.15) is 0 Å².